The van der Waals surface area contributed by atoms with Gasteiger partial charge in [0.05, 0.1) is 29.8 Å². The highest BCUT2D eigenvalue weighted by Gasteiger charge is 2.38. The van der Waals surface area contributed by atoms with Crippen LogP contribution in [0.2, 0.25) is 0 Å². The van der Waals surface area contributed by atoms with Crippen molar-refractivity contribution in [3.8, 4) is 5.75 Å². The average Bonchev–Trinajstić information content (AvgIpc) is 2.92. The highest BCUT2D eigenvalue weighted by atomic mass is 32.2. The Labute approximate surface area is 156 Å². The molecule has 0 N–H and O–H groups in total. The van der Waals surface area contributed by atoms with Crippen molar-refractivity contribution in [1.82, 2.24) is 4.90 Å². The minimum absolute atomic E-state index is 0.0251. The first-order valence-corrected chi connectivity index (χ1v) is 10.9. The summed E-state index contributed by atoms with van der Waals surface area (Å²) < 4.78 is 28.7. The summed E-state index contributed by atoms with van der Waals surface area (Å²) in [5, 5.41) is 0. The predicted molar refractivity (Wildman–Crippen MR) is 102 cm³/mol. The summed E-state index contributed by atoms with van der Waals surface area (Å²) >= 11 is 0. The van der Waals surface area contributed by atoms with Crippen molar-refractivity contribution in [2.24, 2.45) is 5.92 Å². The number of anilines is 1. The summed E-state index contributed by atoms with van der Waals surface area (Å²) in [6.07, 6.45) is 0.947. The molecule has 26 heavy (non-hydrogen) atoms. The van der Waals surface area contributed by atoms with Crippen molar-refractivity contribution >= 4 is 21.4 Å². The van der Waals surface area contributed by atoms with Gasteiger partial charge in [0.1, 0.15) is 5.75 Å². The Hall–Kier alpha value is -1.76. The number of nitrogens with zero attached hydrogens (tertiary/aromatic N) is 2. The lowest BCUT2D eigenvalue weighted by Gasteiger charge is -2.48. The van der Waals surface area contributed by atoms with Crippen LogP contribution in [0.15, 0.2) is 24.3 Å². The number of hydrogen-bond acceptors (Lipinski definition) is 5. The van der Waals surface area contributed by atoms with Crippen LogP contribution in [0, 0.1) is 5.92 Å². The zero-order valence-corrected chi connectivity index (χ0v) is 16.6. The minimum atomic E-state index is -2.94. The highest BCUT2D eigenvalue weighted by Crippen LogP contribution is 2.35. The van der Waals surface area contributed by atoms with E-state index in [0.29, 0.717) is 25.9 Å². The third kappa shape index (κ3) is 3.98. The number of benzene rings is 1. The summed E-state index contributed by atoms with van der Waals surface area (Å²) in [5.41, 5.74) is 0.804. The van der Waals surface area contributed by atoms with Crippen molar-refractivity contribution in [1.29, 1.82) is 0 Å². The number of amides is 1. The maximum absolute atomic E-state index is 12.7. The minimum Gasteiger partial charge on any atom is -0.495 e. The second kappa shape index (κ2) is 7.10. The fraction of sp³-hybridized carbons (Fsp3) is 0.632. The molecule has 2 aliphatic heterocycles. The monoisotopic (exact) mass is 380 g/mol. The Morgan fingerprint density at radius 3 is 2.62 bits per heavy atom. The Morgan fingerprint density at radius 2 is 2.00 bits per heavy atom. The molecular formula is C19H28N2O4S. The van der Waals surface area contributed by atoms with Crippen molar-refractivity contribution in [3.05, 3.63) is 24.3 Å². The molecule has 1 aromatic carbocycles. The van der Waals surface area contributed by atoms with E-state index < -0.39 is 9.84 Å². The van der Waals surface area contributed by atoms with Gasteiger partial charge in [-0.2, -0.15) is 0 Å². The number of methoxy groups -OCH3 is 1. The van der Waals surface area contributed by atoms with Crippen LogP contribution >= 0.6 is 0 Å². The zero-order valence-electron chi connectivity index (χ0n) is 15.8. The van der Waals surface area contributed by atoms with Crippen molar-refractivity contribution in [2.75, 3.05) is 43.1 Å². The average molecular weight is 381 g/mol. The van der Waals surface area contributed by atoms with Crippen molar-refractivity contribution < 1.29 is 17.9 Å². The second-order valence-corrected chi connectivity index (χ2v) is 10.2. The molecule has 0 aromatic heterocycles. The van der Waals surface area contributed by atoms with Crippen LogP contribution in [-0.2, 0) is 14.6 Å². The number of ether oxygens (including phenoxy) is 1. The number of piperazine rings is 1. The SMILES string of the molecule is COc1ccccc1N1CCN(C(=O)CC2CCS(=O)(=O)C2)CC1(C)C. The first-order chi connectivity index (χ1) is 12.2. The zero-order chi connectivity index (χ0) is 18.9. The van der Waals surface area contributed by atoms with Crippen LogP contribution in [0.3, 0.4) is 0 Å². The van der Waals surface area contributed by atoms with Crippen LogP contribution < -0.4 is 9.64 Å². The Bertz CT molecular complexity index is 775. The molecule has 144 valence electrons. The van der Waals surface area contributed by atoms with Gasteiger partial charge in [-0.3, -0.25) is 4.79 Å². The number of hydrogen-bond donors (Lipinski definition) is 0. The lowest BCUT2D eigenvalue weighted by Crippen LogP contribution is -2.60. The molecule has 0 bridgehead atoms. The molecule has 0 spiro atoms. The van der Waals surface area contributed by atoms with E-state index in [4.69, 9.17) is 4.74 Å². The predicted octanol–water partition coefficient (Wildman–Crippen LogP) is 1.95. The number of sulfone groups is 1. The van der Waals surface area contributed by atoms with Crippen LogP contribution in [0.4, 0.5) is 5.69 Å². The summed E-state index contributed by atoms with van der Waals surface area (Å²) in [6, 6.07) is 7.93. The molecule has 7 heteroatoms. The standard InChI is InChI=1S/C19H28N2O4S/c1-19(2)14-20(18(22)12-15-8-11-26(23,24)13-15)9-10-21(19)16-6-4-5-7-17(16)25-3/h4-7,15H,8-14H2,1-3H3. The van der Waals surface area contributed by atoms with E-state index in [1.54, 1.807) is 7.11 Å². The van der Waals surface area contributed by atoms with Gasteiger partial charge in [0.25, 0.3) is 0 Å². The van der Waals surface area contributed by atoms with Crippen LogP contribution in [0.5, 0.6) is 5.75 Å². The fourth-order valence-corrected chi connectivity index (χ4v) is 5.94. The molecule has 0 aliphatic carbocycles. The van der Waals surface area contributed by atoms with Crippen molar-refractivity contribution in [2.45, 2.75) is 32.2 Å². The summed E-state index contributed by atoms with van der Waals surface area (Å²) in [7, 11) is -1.27. The van der Waals surface area contributed by atoms with Gasteiger partial charge in [0.15, 0.2) is 9.84 Å². The van der Waals surface area contributed by atoms with Gasteiger partial charge in [-0.25, -0.2) is 8.42 Å². The summed E-state index contributed by atoms with van der Waals surface area (Å²) in [5.74, 6) is 1.25. The van der Waals surface area contributed by atoms with E-state index in [9.17, 15) is 13.2 Å². The van der Waals surface area contributed by atoms with Gasteiger partial charge < -0.3 is 14.5 Å². The van der Waals surface area contributed by atoms with Gasteiger partial charge in [0, 0.05) is 26.1 Å². The molecule has 0 radical (unpaired) electrons. The van der Waals surface area contributed by atoms with Gasteiger partial charge in [-0.05, 0) is 38.3 Å². The molecule has 2 fully saturated rings. The van der Waals surface area contributed by atoms with Crippen molar-refractivity contribution in [3.63, 3.8) is 0 Å². The number of para-hydroxylation sites is 2. The Morgan fingerprint density at radius 1 is 1.27 bits per heavy atom. The Balaban J connectivity index is 1.67. The van der Waals surface area contributed by atoms with Crippen LogP contribution in [0.1, 0.15) is 26.7 Å². The van der Waals surface area contributed by atoms with E-state index in [-0.39, 0.29) is 28.9 Å². The molecule has 6 nitrogen and oxygen atoms in total. The molecule has 2 saturated heterocycles. The third-order valence-corrected chi connectivity index (χ3v) is 7.26. The molecule has 1 aromatic rings. The van der Waals surface area contributed by atoms with Gasteiger partial charge >= 0.3 is 0 Å². The molecule has 1 atom stereocenters. The smallest absolute Gasteiger partial charge is 0.223 e. The first kappa shape index (κ1) is 19.0. The van der Waals surface area contributed by atoms with E-state index in [0.717, 1.165) is 18.0 Å². The van der Waals surface area contributed by atoms with Gasteiger partial charge in [0.2, 0.25) is 5.91 Å². The molecule has 1 unspecified atom stereocenters. The third-order valence-electron chi connectivity index (χ3n) is 5.42. The number of rotatable bonds is 4. The number of carbonyl (C=O) groups is 1. The van der Waals surface area contributed by atoms with E-state index >= 15 is 0 Å². The van der Waals surface area contributed by atoms with Gasteiger partial charge in [-0.15, -0.1) is 0 Å². The highest BCUT2D eigenvalue weighted by molar-refractivity contribution is 7.91. The lowest BCUT2D eigenvalue weighted by molar-refractivity contribution is -0.133. The largest absolute Gasteiger partial charge is 0.495 e. The quantitative estimate of drug-likeness (QED) is 0.799. The topological polar surface area (TPSA) is 66.9 Å². The molecule has 1 amide bonds. The normalized spacial score (nSPS) is 24.5. The number of carbonyl (C=O) groups excluding carboxylic acids is 1. The lowest BCUT2D eigenvalue weighted by atomic mass is 9.96. The van der Waals surface area contributed by atoms with Crippen LogP contribution in [-0.4, -0.2) is 63.0 Å². The summed E-state index contributed by atoms with van der Waals surface area (Å²) in [4.78, 5) is 16.9. The summed E-state index contributed by atoms with van der Waals surface area (Å²) in [6.45, 7) is 6.23. The molecule has 3 rings (SSSR count). The van der Waals surface area contributed by atoms with Gasteiger partial charge in [-0.1, -0.05) is 12.1 Å². The first-order valence-electron chi connectivity index (χ1n) is 9.11. The van der Waals surface area contributed by atoms with Crippen LogP contribution in [0.25, 0.3) is 0 Å². The Kier molecular flexibility index (Phi) is 5.19. The van der Waals surface area contributed by atoms with E-state index in [2.05, 4.69) is 18.7 Å². The molecule has 2 heterocycles. The molecule has 0 saturated carbocycles. The molecule has 2 aliphatic rings. The maximum Gasteiger partial charge on any atom is 0.223 e. The van der Waals surface area contributed by atoms with E-state index in [1.165, 1.54) is 0 Å². The molecular weight excluding hydrogens is 352 g/mol. The van der Waals surface area contributed by atoms with E-state index in [1.807, 2.05) is 29.2 Å². The maximum atomic E-state index is 12.7. The second-order valence-electron chi connectivity index (χ2n) is 7.92. The fourth-order valence-electron chi connectivity index (χ4n) is 4.08.